The second-order valence-corrected chi connectivity index (χ2v) is 6.02. The van der Waals surface area contributed by atoms with E-state index in [9.17, 15) is 14.4 Å². The van der Waals surface area contributed by atoms with Crippen molar-refractivity contribution in [2.75, 3.05) is 19.6 Å². The van der Waals surface area contributed by atoms with Crippen molar-refractivity contribution in [3.8, 4) is 0 Å². The molecule has 1 aromatic rings. The third-order valence-electron chi connectivity index (χ3n) is 4.17. The van der Waals surface area contributed by atoms with Gasteiger partial charge in [-0.2, -0.15) is 0 Å². The highest BCUT2D eigenvalue weighted by molar-refractivity contribution is 6.30. The lowest BCUT2D eigenvalue weighted by Gasteiger charge is -2.31. The van der Waals surface area contributed by atoms with E-state index in [0.29, 0.717) is 36.5 Å². The van der Waals surface area contributed by atoms with Gasteiger partial charge in [-0.05, 0) is 50.2 Å². The number of piperidine rings is 1. The summed E-state index contributed by atoms with van der Waals surface area (Å²) < 4.78 is 0. The monoisotopic (exact) mass is 321 g/mol. The fourth-order valence-corrected chi connectivity index (χ4v) is 3.01. The maximum Gasteiger partial charge on any atom is 0.325 e. The van der Waals surface area contributed by atoms with Gasteiger partial charge in [-0.15, -0.1) is 0 Å². The SMILES string of the molecule is O=C(CN1C(=O)NC2(CCNCC2)C1=O)c1ccc(Cl)cc1. The van der Waals surface area contributed by atoms with Crippen LogP contribution < -0.4 is 10.6 Å². The van der Waals surface area contributed by atoms with Gasteiger partial charge >= 0.3 is 6.03 Å². The molecule has 6 nitrogen and oxygen atoms in total. The van der Waals surface area contributed by atoms with Crippen LogP contribution in [0, 0.1) is 0 Å². The van der Waals surface area contributed by atoms with Gasteiger partial charge in [0.05, 0.1) is 6.54 Å². The van der Waals surface area contributed by atoms with E-state index in [-0.39, 0.29) is 18.2 Å². The Labute approximate surface area is 132 Å². The first kappa shape index (κ1) is 15.0. The molecule has 2 saturated heterocycles. The molecule has 1 aromatic carbocycles. The summed E-state index contributed by atoms with van der Waals surface area (Å²) >= 11 is 5.78. The van der Waals surface area contributed by atoms with E-state index in [1.165, 1.54) is 0 Å². The number of nitrogens with one attached hydrogen (secondary N) is 2. The lowest BCUT2D eigenvalue weighted by molar-refractivity contribution is -0.131. The number of rotatable bonds is 3. The molecule has 0 aliphatic carbocycles. The van der Waals surface area contributed by atoms with Crippen LogP contribution in [0.15, 0.2) is 24.3 Å². The number of Topliss-reactive ketones (excluding diaryl/α,β-unsaturated/α-hetero) is 1. The fraction of sp³-hybridized carbons (Fsp3) is 0.400. The number of urea groups is 1. The van der Waals surface area contributed by atoms with Gasteiger partial charge in [0.2, 0.25) is 0 Å². The molecule has 2 fully saturated rings. The average molecular weight is 322 g/mol. The Balaban J connectivity index is 1.74. The standard InChI is InChI=1S/C15H16ClN3O3/c16-11-3-1-10(2-4-11)12(20)9-19-13(21)15(18-14(19)22)5-7-17-8-6-15/h1-4,17H,5-9H2,(H,18,22). The largest absolute Gasteiger partial charge is 0.325 e. The molecule has 0 atom stereocenters. The summed E-state index contributed by atoms with van der Waals surface area (Å²) in [6, 6.07) is 5.89. The Kier molecular flexibility index (Phi) is 3.88. The number of halogens is 1. The van der Waals surface area contributed by atoms with Crippen molar-refractivity contribution in [3.05, 3.63) is 34.9 Å². The molecule has 1 spiro atoms. The van der Waals surface area contributed by atoms with Crippen LogP contribution in [0.2, 0.25) is 5.02 Å². The molecule has 7 heteroatoms. The molecule has 0 bridgehead atoms. The second-order valence-electron chi connectivity index (χ2n) is 5.58. The lowest BCUT2D eigenvalue weighted by Crippen LogP contribution is -2.54. The van der Waals surface area contributed by atoms with Crippen LogP contribution in [0.5, 0.6) is 0 Å². The number of ketones is 1. The quantitative estimate of drug-likeness (QED) is 0.647. The number of carbonyl (C=O) groups excluding carboxylic acids is 3. The number of carbonyl (C=O) groups is 3. The summed E-state index contributed by atoms with van der Waals surface area (Å²) in [7, 11) is 0. The number of amides is 3. The van der Waals surface area contributed by atoms with E-state index in [4.69, 9.17) is 11.6 Å². The molecule has 3 amide bonds. The second kappa shape index (κ2) is 5.70. The number of imide groups is 1. The zero-order chi connectivity index (χ0) is 15.7. The molecule has 2 aliphatic rings. The minimum Gasteiger partial charge on any atom is -0.323 e. The first-order valence-electron chi connectivity index (χ1n) is 7.15. The van der Waals surface area contributed by atoms with Crippen LogP contribution in [0.25, 0.3) is 0 Å². The lowest BCUT2D eigenvalue weighted by atomic mass is 9.88. The maximum absolute atomic E-state index is 12.6. The van der Waals surface area contributed by atoms with E-state index in [2.05, 4.69) is 10.6 Å². The molecule has 0 aromatic heterocycles. The zero-order valence-corrected chi connectivity index (χ0v) is 12.7. The van der Waals surface area contributed by atoms with Gasteiger partial charge in [0, 0.05) is 10.6 Å². The molecular weight excluding hydrogens is 306 g/mol. The minimum absolute atomic E-state index is 0.249. The van der Waals surface area contributed by atoms with Crippen LogP contribution in [-0.4, -0.2) is 47.8 Å². The van der Waals surface area contributed by atoms with Crippen molar-refractivity contribution in [2.24, 2.45) is 0 Å². The van der Waals surface area contributed by atoms with Crippen molar-refractivity contribution in [2.45, 2.75) is 18.4 Å². The average Bonchev–Trinajstić information content (AvgIpc) is 2.73. The summed E-state index contributed by atoms with van der Waals surface area (Å²) in [4.78, 5) is 37.9. The van der Waals surface area contributed by atoms with Gasteiger partial charge in [-0.25, -0.2) is 4.79 Å². The van der Waals surface area contributed by atoms with Crippen molar-refractivity contribution < 1.29 is 14.4 Å². The summed E-state index contributed by atoms with van der Waals surface area (Å²) in [6.07, 6.45) is 1.09. The molecule has 0 radical (unpaired) electrons. The van der Waals surface area contributed by atoms with Gasteiger partial charge < -0.3 is 10.6 Å². The Morgan fingerprint density at radius 2 is 1.82 bits per heavy atom. The van der Waals surface area contributed by atoms with Crippen LogP contribution >= 0.6 is 11.6 Å². The molecule has 0 saturated carbocycles. The summed E-state index contributed by atoms with van der Waals surface area (Å²) in [5, 5.41) is 6.44. The van der Waals surface area contributed by atoms with Crippen molar-refractivity contribution in [3.63, 3.8) is 0 Å². The molecule has 0 unspecified atom stereocenters. The first-order valence-corrected chi connectivity index (χ1v) is 7.53. The van der Waals surface area contributed by atoms with E-state index in [0.717, 1.165) is 4.90 Å². The van der Waals surface area contributed by atoms with E-state index in [1.54, 1.807) is 24.3 Å². The topological polar surface area (TPSA) is 78.5 Å². The highest BCUT2D eigenvalue weighted by Crippen LogP contribution is 2.27. The number of nitrogens with zero attached hydrogens (tertiary/aromatic N) is 1. The Morgan fingerprint density at radius 3 is 2.45 bits per heavy atom. The normalized spacial score (nSPS) is 20.3. The Bertz CT molecular complexity index is 623. The van der Waals surface area contributed by atoms with Crippen LogP contribution in [0.4, 0.5) is 4.79 Å². The molecular formula is C15H16ClN3O3. The van der Waals surface area contributed by atoms with Crippen LogP contribution in [-0.2, 0) is 4.79 Å². The van der Waals surface area contributed by atoms with Crippen LogP contribution in [0.1, 0.15) is 23.2 Å². The molecule has 2 aliphatic heterocycles. The number of benzene rings is 1. The number of hydrogen-bond donors (Lipinski definition) is 2. The van der Waals surface area contributed by atoms with Crippen molar-refractivity contribution in [1.29, 1.82) is 0 Å². The van der Waals surface area contributed by atoms with Gasteiger partial charge in [-0.3, -0.25) is 14.5 Å². The molecule has 22 heavy (non-hydrogen) atoms. The molecule has 116 valence electrons. The summed E-state index contributed by atoms with van der Waals surface area (Å²) in [5.74, 6) is -0.590. The van der Waals surface area contributed by atoms with Gasteiger partial charge in [0.1, 0.15) is 5.54 Å². The first-order chi connectivity index (χ1) is 10.5. The van der Waals surface area contributed by atoms with Crippen LogP contribution in [0.3, 0.4) is 0 Å². The highest BCUT2D eigenvalue weighted by Gasteiger charge is 2.51. The zero-order valence-electron chi connectivity index (χ0n) is 11.9. The highest BCUT2D eigenvalue weighted by atomic mass is 35.5. The third-order valence-corrected chi connectivity index (χ3v) is 4.42. The summed E-state index contributed by atoms with van der Waals surface area (Å²) in [5.41, 5.74) is -0.418. The van der Waals surface area contributed by atoms with E-state index >= 15 is 0 Å². The Hall–Kier alpha value is -1.92. The summed E-state index contributed by atoms with van der Waals surface area (Å²) in [6.45, 7) is 1.09. The molecule has 2 heterocycles. The van der Waals surface area contributed by atoms with Gasteiger partial charge in [0.25, 0.3) is 5.91 Å². The van der Waals surface area contributed by atoms with E-state index < -0.39 is 11.6 Å². The van der Waals surface area contributed by atoms with Crippen molar-refractivity contribution >= 4 is 29.3 Å². The smallest absolute Gasteiger partial charge is 0.323 e. The molecule has 3 rings (SSSR count). The third kappa shape index (κ3) is 2.60. The minimum atomic E-state index is -0.845. The maximum atomic E-state index is 12.6. The van der Waals surface area contributed by atoms with E-state index in [1.807, 2.05) is 0 Å². The van der Waals surface area contributed by atoms with Gasteiger partial charge in [0.15, 0.2) is 5.78 Å². The molecule has 2 N–H and O–H groups in total. The fourth-order valence-electron chi connectivity index (χ4n) is 2.88. The predicted octanol–water partition coefficient (Wildman–Crippen LogP) is 1.20. The van der Waals surface area contributed by atoms with Crippen molar-refractivity contribution in [1.82, 2.24) is 15.5 Å². The predicted molar refractivity (Wildman–Crippen MR) is 80.9 cm³/mol. The number of hydrogen-bond acceptors (Lipinski definition) is 4. The Morgan fingerprint density at radius 1 is 1.18 bits per heavy atom. The van der Waals surface area contributed by atoms with Gasteiger partial charge in [-0.1, -0.05) is 11.6 Å².